The third kappa shape index (κ3) is 1.31. The number of allylic oxidation sites excluding steroid dienone is 1. The quantitative estimate of drug-likeness (QED) is 0.554. The van der Waals surface area contributed by atoms with Crippen LogP contribution in [0.25, 0.3) is 0 Å². The highest BCUT2D eigenvalue weighted by Gasteiger charge is 2.31. The molecule has 0 saturated heterocycles. The summed E-state index contributed by atoms with van der Waals surface area (Å²) in [5.41, 5.74) is 0. The molecule has 10 heavy (non-hydrogen) atoms. The molecule has 0 fully saturated rings. The van der Waals surface area contributed by atoms with Gasteiger partial charge in [-0.15, -0.1) is 0 Å². The minimum absolute atomic E-state index is 0.512. The second-order valence-corrected chi connectivity index (χ2v) is 2.27. The van der Waals surface area contributed by atoms with Gasteiger partial charge in [-0.1, -0.05) is 0 Å². The maximum Gasteiger partial charge on any atom is 0.150 e. The first-order valence-corrected chi connectivity index (χ1v) is 2.93. The summed E-state index contributed by atoms with van der Waals surface area (Å²) in [6.45, 7) is 0. The lowest BCUT2D eigenvalue weighted by molar-refractivity contribution is 0.0182. The van der Waals surface area contributed by atoms with Gasteiger partial charge in [-0.2, -0.15) is 0 Å². The van der Waals surface area contributed by atoms with Crippen molar-refractivity contribution < 1.29 is 18.3 Å². The van der Waals surface area contributed by atoms with Gasteiger partial charge in [0, 0.05) is 6.42 Å². The van der Waals surface area contributed by atoms with Gasteiger partial charge in [0.1, 0.15) is 24.3 Å². The Balaban J connectivity index is 2.69. The number of aliphatic hydroxyl groups is 1. The van der Waals surface area contributed by atoms with Crippen LogP contribution in [0.2, 0.25) is 0 Å². The number of alkyl halides is 2. The van der Waals surface area contributed by atoms with Gasteiger partial charge in [-0.25, -0.2) is 13.2 Å². The van der Waals surface area contributed by atoms with Crippen molar-refractivity contribution in [1.82, 2.24) is 0 Å². The molecule has 3 atom stereocenters. The zero-order chi connectivity index (χ0) is 7.72. The third-order valence-corrected chi connectivity index (χ3v) is 1.43. The molecule has 1 aliphatic carbocycles. The Morgan fingerprint density at radius 1 is 1.50 bits per heavy atom. The first-order valence-electron chi connectivity index (χ1n) is 2.93. The molecule has 0 aromatic carbocycles. The van der Waals surface area contributed by atoms with Crippen LogP contribution in [0.4, 0.5) is 13.2 Å². The van der Waals surface area contributed by atoms with Crippen LogP contribution >= 0.6 is 0 Å². The van der Waals surface area contributed by atoms with E-state index in [1.807, 2.05) is 0 Å². The van der Waals surface area contributed by atoms with Crippen LogP contribution in [0.3, 0.4) is 0 Å². The largest absolute Gasteiger partial charge is 0.387 e. The molecule has 0 bridgehead atoms. The lowest BCUT2D eigenvalue weighted by atomic mass is 10.0. The molecule has 0 heterocycles. The molecule has 1 N–H and O–H groups in total. The van der Waals surface area contributed by atoms with E-state index in [4.69, 9.17) is 5.11 Å². The maximum absolute atomic E-state index is 12.3. The molecule has 0 amide bonds. The number of hydrogen-bond donors (Lipinski definition) is 1. The Bertz CT molecular complexity index is 157. The first kappa shape index (κ1) is 7.60. The Morgan fingerprint density at radius 2 is 2.10 bits per heavy atom. The van der Waals surface area contributed by atoms with Gasteiger partial charge < -0.3 is 5.11 Å². The van der Waals surface area contributed by atoms with Crippen LogP contribution < -0.4 is 0 Å². The van der Waals surface area contributed by atoms with Crippen LogP contribution in [0.1, 0.15) is 6.42 Å². The maximum atomic E-state index is 12.3. The molecule has 0 aliphatic heterocycles. The van der Waals surface area contributed by atoms with Gasteiger partial charge in [0.2, 0.25) is 0 Å². The molecular formula is C6H7F3O. The second-order valence-electron chi connectivity index (χ2n) is 2.27. The molecule has 58 valence electrons. The van der Waals surface area contributed by atoms with E-state index in [1.54, 1.807) is 0 Å². The summed E-state index contributed by atoms with van der Waals surface area (Å²) in [5, 5.41) is 8.60. The minimum atomic E-state index is -1.90. The summed E-state index contributed by atoms with van der Waals surface area (Å²) in [7, 11) is 0. The fraction of sp³-hybridized carbons (Fsp3) is 0.667. The highest BCUT2D eigenvalue weighted by atomic mass is 19.2. The van der Waals surface area contributed by atoms with E-state index in [-0.39, 0.29) is 0 Å². The van der Waals surface area contributed by atoms with Gasteiger partial charge >= 0.3 is 0 Å². The fourth-order valence-electron chi connectivity index (χ4n) is 0.846. The normalized spacial score (nSPS) is 41.2. The average Bonchev–Trinajstić information content (AvgIpc) is 1.82. The monoisotopic (exact) mass is 152 g/mol. The molecule has 1 rings (SSSR count). The predicted octanol–water partition coefficient (Wildman–Crippen LogP) is 1.28. The van der Waals surface area contributed by atoms with Crippen molar-refractivity contribution in [1.29, 1.82) is 0 Å². The fourth-order valence-corrected chi connectivity index (χ4v) is 0.846. The summed E-state index contributed by atoms with van der Waals surface area (Å²) < 4.78 is 36.7. The molecule has 0 aromatic heterocycles. The topological polar surface area (TPSA) is 20.2 Å². The molecule has 0 radical (unpaired) electrons. The number of aliphatic hydroxyl groups excluding tert-OH is 1. The van der Waals surface area contributed by atoms with Crippen molar-refractivity contribution in [2.24, 2.45) is 0 Å². The molecule has 4 heteroatoms. The van der Waals surface area contributed by atoms with Crippen LogP contribution in [-0.2, 0) is 0 Å². The SMILES string of the molecule is OC1C(F)C=C(F)CC1F. The zero-order valence-corrected chi connectivity index (χ0v) is 5.10. The van der Waals surface area contributed by atoms with Gasteiger partial charge in [-0.05, 0) is 6.08 Å². The Morgan fingerprint density at radius 3 is 2.60 bits per heavy atom. The van der Waals surface area contributed by atoms with Crippen molar-refractivity contribution in [3.8, 4) is 0 Å². The molecule has 0 spiro atoms. The van der Waals surface area contributed by atoms with E-state index >= 15 is 0 Å². The van der Waals surface area contributed by atoms with E-state index in [1.165, 1.54) is 0 Å². The average molecular weight is 152 g/mol. The molecule has 1 nitrogen and oxygen atoms in total. The summed E-state index contributed by atoms with van der Waals surface area (Å²) >= 11 is 0. The lowest BCUT2D eigenvalue weighted by Crippen LogP contribution is -2.34. The van der Waals surface area contributed by atoms with Crippen molar-refractivity contribution in [2.45, 2.75) is 24.9 Å². The van der Waals surface area contributed by atoms with E-state index in [0.29, 0.717) is 6.08 Å². The summed E-state index contributed by atoms with van der Waals surface area (Å²) in [6, 6.07) is 0. The van der Waals surface area contributed by atoms with Gasteiger partial charge in [0.05, 0.1) is 0 Å². The van der Waals surface area contributed by atoms with E-state index < -0.39 is 30.7 Å². The number of rotatable bonds is 0. The second kappa shape index (κ2) is 2.62. The Kier molecular flexibility index (Phi) is 1.99. The third-order valence-electron chi connectivity index (χ3n) is 1.43. The van der Waals surface area contributed by atoms with Crippen molar-refractivity contribution in [2.75, 3.05) is 0 Å². The van der Waals surface area contributed by atoms with Crippen molar-refractivity contribution in [3.63, 3.8) is 0 Å². The van der Waals surface area contributed by atoms with Gasteiger partial charge in [-0.3, -0.25) is 0 Å². The van der Waals surface area contributed by atoms with E-state index in [2.05, 4.69) is 0 Å². The molecule has 0 aromatic rings. The highest BCUT2D eigenvalue weighted by Crippen LogP contribution is 2.24. The smallest absolute Gasteiger partial charge is 0.150 e. The van der Waals surface area contributed by atoms with Crippen LogP contribution in [0, 0.1) is 0 Å². The standard InChI is InChI=1S/C6H7F3O/c7-3-1-4(8)6(10)5(9)2-3/h1,4-6,10H,2H2. The zero-order valence-electron chi connectivity index (χ0n) is 5.10. The summed E-state index contributed by atoms with van der Waals surface area (Å²) in [4.78, 5) is 0. The summed E-state index contributed by atoms with van der Waals surface area (Å²) in [6.07, 6.45) is -5.31. The van der Waals surface area contributed by atoms with E-state index in [0.717, 1.165) is 0 Å². The predicted molar refractivity (Wildman–Crippen MR) is 29.6 cm³/mol. The Labute approximate surface area is 56.2 Å². The molecule has 0 saturated carbocycles. The Hall–Kier alpha value is -0.510. The minimum Gasteiger partial charge on any atom is -0.387 e. The highest BCUT2D eigenvalue weighted by molar-refractivity contribution is 5.07. The summed E-state index contributed by atoms with van der Waals surface area (Å²) in [5.74, 6) is -0.828. The van der Waals surface area contributed by atoms with Crippen LogP contribution in [-0.4, -0.2) is 23.6 Å². The van der Waals surface area contributed by atoms with Crippen molar-refractivity contribution in [3.05, 3.63) is 11.9 Å². The van der Waals surface area contributed by atoms with Gasteiger partial charge in [0.15, 0.2) is 0 Å². The van der Waals surface area contributed by atoms with Crippen LogP contribution in [0.5, 0.6) is 0 Å². The van der Waals surface area contributed by atoms with E-state index in [9.17, 15) is 13.2 Å². The molecular weight excluding hydrogens is 145 g/mol. The number of halogens is 3. The molecule has 3 unspecified atom stereocenters. The molecule has 1 aliphatic rings. The number of hydrogen-bond acceptors (Lipinski definition) is 1. The van der Waals surface area contributed by atoms with Crippen LogP contribution in [0.15, 0.2) is 11.9 Å². The van der Waals surface area contributed by atoms with Crippen molar-refractivity contribution >= 4 is 0 Å². The lowest BCUT2D eigenvalue weighted by Gasteiger charge is -2.21. The van der Waals surface area contributed by atoms with Gasteiger partial charge in [0.25, 0.3) is 0 Å². The first-order chi connectivity index (χ1) is 4.61.